The Labute approximate surface area is 159 Å². The normalized spacial score (nSPS) is 23.4. The molecular weight excluding hydrogens is 370 g/mol. The fourth-order valence-electron chi connectivity index (χ4n) is 3.98. The van der Waals surface area contributed by atoms with Gasteiger partial charge in [0.1, 0.15) is 0 Å². The second kappa shape index (κ2) is 7.12. The summed E-state index contributed by atoms with van der Waals surface area (Å²) >= 11 is 0. The second-order valence-electron chi connectivity index (χ2n) is 7.25. The van der Waals surface area contributed by atoms with Crippen LogP contribution in [-0.4, -0.2) is 65.9 Å². The molecule has 0 spiro atoms. The summed E-state index contributed by atoms with van der Waals surface area (Å²) < 4.78 is 27.4. The maximum Gasteiger partial charge on any atom is 0.336 e. The van der Waals surface area contributed by atoms with Crippen LogP contribution < -0.4 is 5.32 Å². The van der Waals surface area contributed by atoms with Gasteiger partial charge < -0.3 is 15.3 Å². The Bertz CT molecular complexity index is 868. The van der Waals surface area contributed by atoms with Crippen LogP contribution in [0.1, 0.15) is 43.1 Å². The van der Waals surface area contributed by atoms with E-state index >= 15 is 0 Å². The van der Waals surface area contributed by atoms with Crippen LogP contribution in [0.4, 0.5) is 4.79 Å². The van der Waals surface area contributed by atoms with Gasteiger partial charge in [-0.05, 0) is 44.4 Å². The molecule has 1 aromatic carbocycles. The molecular formula is C18H25N3O5S. The predicted octanol–water partition coefficient (Wildman–Crippen LogP) is 1.51. The number of aryl methyl sites for hydroxylation is 1. The molecule has 1 aromatic rings. The molecule has 2 atom stereocenters. The zero-order valence-corrected chi connectivity index (χ0v) is 16.5. The van der Waals surface area contributed by atoms with Crippen LogP contribution in [0.25, 0.3) is 0 Å². The van der Waals surface area contributed by atoms with E-state index in [1.807, 2.05) is 20.8 Å². The van der Waals surface area contributed by atoms with E-state index in [1.54, 1.807) is 11.0 Å². The Morgan fingerprint density at radius 1 is 1.37 bits per heavy atom. The standard InChI is InChI=1S/C18H25N3O5S/c1-4-12-5-6-13(9-14(12)17(22)23)27(25,26)20-8-7-16-15(10-20)19-18(24)21(16)11(2)3/h5-6,9,11,15-16H,4,7-8,10H2,1-3H3,(H,19,24)(H,22,23)/t15-,16+/m1/s1. The number of fused-ring (bicyclic) bond motifs is 1. The lowest BCUT2D eigenvalue weighted by molar-refractivity contribution is 0.0695. The molecule has 0 aromatic heterocycles. The molecule has 0 unspecified atom stereocenters. The molecule has 3 rings (SSSR count). The van der Waals surface area contributed by atoms with Crippen LogP contribution in [0.5, 0.6) is 0 Å². The van der Waals surface area contributed by atoms with E-state index in [2.05, 4.69) is 5.32 Å². The van der Waals surface area contributed by atoms with Gasteiger partial charge >= 0.3 is 12.0 Å². The lowest BCUT2D eigenvalue weighted by atomic mass is 10.0. The molecule has 2 amide bonds. The van der Waals surface area contributed by atoms with E-state index in [0.29, 0.717) is 24.9 Å². The summed E-state index contributed by atoms with van der Waals surface area (Å²) in [6.07, 6.45) is 1.05. The molecule has 2 aliphatic heterocycles. The fourth-order valence-corrected chi connectivity index (χ4v) is 5.48. The number of piperidine rings is 1. The molecule has 2 heterocycles. The van der Waals surface area contributed by atoms with Gasteiger partial charge in [-0.3, -0.25) is 0 Å². The molecule has 2 N–H and O–H groups in total. The Morgan fingerprint density at radius 3 is 2.67 bits per heavy atom. The summed E-state index contributed by atoms with van der Waals surface area (Å²) in [5.74, 6) is -1.14. The van der Waals surface area contributed by atoms with Gasteiger partial charge in [0.25, 0.3) is 0 Å². The Kier molecular flexibility index (Phi) is 5.18. The van der Waals surface area contributed by atoms with Gasteiger partial charge in [0.15, 0.2) is 0 Å². The maximum atomic E-state index is 13.1. The van der Waals surface area contributed by atoms with Gasteiger partial charge in [0.2, 0.25) is 10.0 Å². The zero-order valence-electron chi connectivity index (χ0n) is 15.7. The molecule has 2 saturated heterocycles. The number of hydrogen-bond acceptors (Lipinski definition) is 4. The van der Waals surface area contributed by atoms with Crippen LogP contribution >= 0.6 is 0 Å². The van der Waals surface area contributed by atoms with Crippen molar-refractivity contribution < 1.29 is 23.1 Å². The number of urea groups is 1. The van der Waals surface area contributed by atoms with Gasteiger partial charge in [-0.1, -0.05) is 13.0 Å². The van der Waals surface area contributed by atoms with Crippen molar-refractivity contribution in [3.8, 4) is 0 Å². The number of nitrogens with zero attached hydrogens (tertiary/aromatic N) is 2. The van der Waals surface area contributed by atoms with Gasteiger partial charge in [-0.15, -0.1) is 0 Å². The third kappa shape index (κ3) is 3.41. The molecule has 148 valence electrons. The number of sulfonamides is 1. The molecule has 0 bridgehead atoms. The van der Waals surface area contributed by atoms with Crippen LogP contribution in [0, 0.1) is 0 Å². The van der Waals surface area contributed by atoms with Crippen molar-refractivity contribution in [3.05, 3.63) is 29.3 Å². The van der Waals surface area contributed by atoms with Crippen molar-refractivity contribution in [2.75, 3.05) is 13.1 Å². The summed E-state index contributed by atoms with van der Waals surface area (Å²) in [4.78, 5) is 25.4. The first-order valence-electron chi connectivity index (χ1n) is 9.12. The van der Waals surface area contributed by atoms with E-state index in [9.17, 15) is 23.1 Å². The monoisotopic (exact) mass is 395 g/mol. The topological polar surface area (TPSA) is 107 Å². The third-order valence-corrected chi connectivity index (χ3v) is 7.19. The molecule has 8 nitrogen and oxygen atoms in total. The Hall–Kier alpha value is -2.13. The van der Waals surface area contributed by atoms with Crippen LogP contribution in [0.3, 0.4) is 0 Å². The number of rotatable bonds is 5. The molecule has 0 aliphatic carbocycles. The number of carboxylic acids is 1. The highest BCUT2D eigenvalue weighted by Gasteiger charge is 2.46. The van der Waals surface area contributed by atoms with Gasteiger partial charge in [-0.2, -0.15) is 4.31 Å². The Balaban J connectivity index is 1.86. The fraction of sp³-hybridized carbons (Fsp3) is 0.556. The number of hydrogen-bond donors (Lipinski definition) is 2. The van der Waals surface area contributed by atoms with E-state index in [4.69, 9.17) is 0 Å². The number of carbonyl (C=O) groups is 2. The SMILES string of the molecule is CCc1ccc(S(=O)(=O)N2CC[C@H]3[C@@H](C2)NC(=O)N3C(C)C)cc1C(=O)O. The largest absolute Gasteiger partial charge is 0.478 e. The van der Waals surface area contributed by atoms with E-state index in [0.717, 1.165) is 0 Å². The van der Waals surface area contributed by atoms with Crippen LogP contribution in [0.15, 0.2) is 23.1 Å². The number of carboxylic acid groups (broad SMARTS) is 1. The van der Waals surface area contributed by atoms with Crippen molar-refractivity contribution >= 4 is 22.0 Å². The minimum Gasteiger partial charge on any atom is -0.478 e. The maximum absolute atomic E-state index is 13.1. The number of nitrogens with one attached hydrogen (secondary N) is 1. The minimum atomic E-state index is -3.84. The first-order valence-corrected chi connectivity index (χ1v) is 10.6. The van der Waals surface area contributed by atoms with Crippen molar-refractivity contribution in [1.82, 2.24) is 14.5 Å². The molecule has 2 aliphatic rings. The number of carbonyl (C=O) groups excluding carboxylic acids is 1. The summed E-state index contributed by atoms with van der Waals surface area (Å²) in [5.41, 5.74) is 0.601. The lowest BCUT2D eigenvalue weighted by Crippen LogP contribution is -2.53. The molecule has 2 fully saturated rings. The number of benzene rings is 1. The molecule has 27 heavy (non-hydrogen) atoms. The highest BCUT2D eigenvalue weighted by Crippen LogP contribution is 2.29. The quantitative estimate of drug-likeness (QED) is 0.786. The first kappa shape index (κ1) is 19.6. The highest BCUT2D eigenvalue weighted by molar-refractivity contribution is 7.89. The molecule has 0 radical (unpaired) electrons. The zero-order chi connectivity index (χ0) is 19.9. The minimum absolute atomic E-state index is 0.00798. The molecule has 0 saturated carbocycles. The van der Waals surface area contributed by atoms with Crippen molar-refractivity contribution in [3.63, 3.8) is 0 Å². The third-order valence-electron chi connectivity index (χ3n) is 5.33. The molecule has 9 heteroatoms. The number of aromatic carboxylic acids is 1. The number of amides is 2. The predicted molar refractivity (Wildman–Crippen MR) is 99.2 cm³/mol. The summed E-state index contributed by atoms with van der Waals surface area (Å²) in [7, 11) is -3.84. The summed E-state index contributed by atoms with van der Waals surface area (Å²) in [5, 5.41) is 12.2. The van der Waals surface area contributed by atoms with Gasteiger partial charge in [0.05, 0.1) is 22.5 Å². The van der Waals surface area contributed by atoms with Gasteiger partial charge in [-0.25, -0.2) is 18.0 Å². The van der Waals surface area contributed by atoms with E-state index in [-0.39, 0.29) is 41.2 Å². The van der Waals surface area contributed by atoms with Gasteiger partial charge in [0, 0.05) is 19.1 Å². The van der Waals surface area contributed by atoms with Crippen LogP contribution in [0.2, 0.25) is 0 Å². The smallest absolute Gasteiger partial charge is 0.336 e. The van der Waals surface area contributed by atoms with Crippen molar-refractivity contribution in [2.24, 2.45) is 0 Å². The average molecular weight is 395 g/mol. The average Bonchev–Trinajstić information content (AvgIpc) is 2.95. The van der Waals surface area contributed by atoms with Crippen molar-refractivity contribution in [1.29, 1.82) is 0 Å². The van der Waals surface area contributed by atoms with E-state index < -0.39 is 16.0 Å². The summed E-state index contributed by atoms with van der Waals surface area (Å²) in [6, 6.07) is 3.83. The van der Waals surface area contributed by atoms with Crippen molar-refractivity contribution in [2.45, 2.75) is 56.6 Å². The second-order valence-corrected chi connectivity index (χ2v) is 9.19. The highest BCUT2D eigenvalue weighted by atomic mass is 32.2. The lowest BCUT2D eigenvalue weighted by Gasteiger charge is -2.37. The Morgan fingerprint density at radius 2 is 2.07 bits per heavy atom. The summed E-state index contributed by atoms with van der Waals surface area (Å²) in [6.45, 7) is 6.17. The van der Waals surface area contributed by atoms with Crippen LogP contribution in [-0.2, 0) is 16.4 Å². The van der Waals surface area contributed by atoms with E-state index in [1.165, 1.54) is 16.4 Å². The first-order chi connectivity index (χ1) is 12.7.